The summed E-state index contributed by atoms with van der Waals surface area (Å²) in [5.74, 6) is -0.168. The van der Waals surface area contributed by atoms with E-state index >= 15 is 0 Å². The van der Waals surface area contributed by atoms with E-state index in [-0.39, 0.29) is 29.9 Å². The van der Waals surface area contributed by atoms with Crippen molar-refractivity contribution in [2.24, 2.45) is 5.92 Å². The second-order valence-corrected chi connectivity index (χ2v) is 11.0. The molecule has 11 heteroatoms. The highest BCUT2D eigenvalue weighted by molar-refractivity contribution is 7.89. The highest BCUT2D eigenvalue weighted by Crippen LogP contribution is 2.36. The fourth-order valence-electron chi connectivity index (χ4n) is 3.62. The predicted molar refractivity (Wildman–Crippen MR) is 121 cm³/mol. The zero-order chi connectivity index (χ0) is 22.9. The molecule has 170 valence electrons. The van der Waals surface area contributed by atoms with E-state index in [1.165, 1.54) is 15.6 Å². The van der Waals surface area contributed by atoms with Crippen molar-refractivity contribution >= 4 is 38.9 Å². The minimum atomic E-state index is -3.78. The first-order valence-corrected chi connectivity index (χ1v) is 12.8. The normalized spacial score (nSPS) is 17.4. The molecule has 0 aliphatic carbocycles. The van der Waals surface area contributed by atoms with Crippen LogP contribution in [0.5, 0.6) is 0 Å². The van der Waals surface area contributed by atoms with Gasteiger partial charge in [0.05, 0.1) is 22.3 Å². The molecule has 8 nitrogen and oxygen atoms in total. The van der Waals surface area contributed by atoms with Crippen LogP contribution in [0.15, 0.2) is 39.8 Å². The van der Waals surface area contributed by atoms with Gasteiger partial charge >= 0.3 is 5.97 Å². The number of sulfonamides is 1. The molecule has 2 aromatic heterocycles. The van der Waals surface area contributed by atoms with Crippen LogP contribution in [0.2, 0.25) is 5.02 Å². The number of ether oxygens (including phenoxy) is 1. The van der Waals surface area contributed by atoms with Crippen molar-refractivity contribution in [2.75, 3.05) is 19.7 Å². The molecule has 1 atom stereocenters. The lowest BCUT2D eigenvalue weighted by atomic mass is 10.0. The van der Waals surface area contributed by atoms with Crippen molar-refractivity contribution < 1.29 is 22.5 Å². The fourth-order valence-corrected chi connectivity index (χ4v) is 6.75. The Balaban J connectivity index is 1.58. The molecule has 0 bridgehead atoms. The lowest BCUT2D eigenvalue weighted by molar-refractivity contribution is -0.149. The maximum absolute atomic E-state index is 13.3. The number of benzene rings is 1. The van der Waals surface area contributed by atoms with Gasteiger partial charge < -0.3 is 9.26 Å². The highest BCUT2D eigenvalue weighted by Gasteiger charge is 2.35. The van der Waals surface area contributed by atoms with Crippen molar-refractivity contribution in [2.45, 2.75) is 31.6 Å². The van der Waals surface area contributed by atoms with Gasteiger partial charge in [0.15, 0.2) is 0 Å². The van der Waals surface area contributed by atoms with Crippen molar-refractivity contribution in [3.8, 4) is 22.2 Å². The fraction of sp³-hybridized carbons (Fsp3) is 0.381. The number of hydrogen-bond acceptors (Lipinski definition) is 8. The molecule has 1 fully saturated rings. The molecule has 0 N–H and O–H groups in total. The number of hydrogen-bond donors (Lipinski definition) is 0. The number of carbonyl (C=O) groups excluding carboxylic acids is 1. The first-order chi connectivity index (χ1) is 15.3. The molecule has 0 saturated carbocycles. The molecule has 4 rings (SSSR count). The van der Waals surface area contributed by atoms with Crippen LogP contribution in [0, 0.1) is 12.8 Å². The van der Waals surface area contributed by atoms with Crippen LogP contribution in [-0.2, 0) is 19.6 Å². The van der Waals surface area contributed by atoms with E-state index in [0.29, 0.717) is 40.0 Å². The van der Waals surface area contributed by atoms with Crippen LogP contribution in [0.1, 0.15) is 24.6 Å². The summed E-state index contributed by atoms with van der Waals surface area (Å²) in [4.78, 5) is 17.9. The van der Waals surface area contributed by atoms with E-state index in [0.717, 1.165) is 5.56 Å². The van der Waals surface area contributed by atoms with E-state index in [2.05, 4.69) is 10.1 Å². The minimum absolute atomic E-state index is 0.118. The average Bonchev–Trinajstić information content (AvgIpc) is 3.42. The Labute approximate surface area is 195 Å². The van der Waals surface area contributed by atoms with Crippen LogP contribution in [0.3, 0.4) is 0 Å². The largest absolute Gasteiger partial charge is 0.466 e. The predicted octanol–water partition coefficient (Wildman–Crippen LogP) is 4.39. The molecule has 0 radical (unpaired) electrons. The van der Waals surface area contributed by atoms with Gasteiger partial charge in [-0.15, -0.1) is 11.3 Å². The van der Waals surface area contributed by atoms with Gasteiger partial charge in [-0.1, -0.05) is 16.8 Å². The first kappa shape index (κ1) is 22.9. The molecule has 32 heavy (non-hydrogen) atoms. The van der Waals surface area contributed by atoms with Crippen LogP contribution in [0.4, 0.5) is 0 Å². The van der Waals surface area contributed by atoms with Crippen molar-refractivity contribution in [1.29, 1.82) is 0 Å². The van der Waals surface area contributed by atoms with E-state index in [4.69, 9.17) is 20.9 Å². The zero-order valence-corrected chi connectivity index (χ0v) is 20.0. The number of esters is 1. The lowest BCUT2D eigenvalue weighted by Gasteiger charge is -2.30. The van der Waals surface area contributed by atoms with Gasteiger partial charge in [-0.3, -0.25) is 4.79 Å². The van der Waals surface area contributed by atoms with Crippen molar-refractivity contribution in [3.63, 3.8) is 0 Å². The SMILES string of the molecule is CCOC(=O)C1CCCN(S(=O)(=O)c2cc(-c3nc(-c4ccc(Cl)cc4)no3)sc2C)C1. The Hall–Kier alpha value is -2.27. The number of aromatic nitrogens is 2. The number of rotatable bonds is 6. The molecule has 1 aliphatic rings. The Morgan fingerprint density at radius 2 is 2.09 bits per heavy atom. The second-order valence-electron chi connectivity index (χ2n) is 7.42. The topological polar surface area (TPSA) is 103 Å². The summed E-state index contributed by atoms with van der Waals surface area (Å²) in [7, 11) is -3.78. The van der Waals surface area contributed by atoms with E-state index < -0.39 is 15.9 Å². The molecule has 1 aliphatic heterocycles. The zero-order valence-electron chi connectivity index (χ0n) is 17.6. The second kappa shape index (κ2) is 9.30. The van der Waals surface area contributed by atoms with Gasteiger partial charge in [-0.05, 0) is 57.0 Å². The summed E-state index contributed by atoms with van der Waals surface area (Å²) in [5.41, 5.74) is 0.740. The molecule has 1 unspecified atom stereocenters. The molecular formula is C21H22ClN3O5S2. The van der Waals surface area contributed by atoms with Crippen molar-refractivity contribution in [1.82, 2.24) is 14.4 Å². The first-order valence-electron chi connectivity index (χ1n) is 10.2. The number of thiophene rings is 1. The standard InChI is InChI=1S/C21H22ClN3O5S2/c1-3-29-21(26)15-5-4-10-25(12-15)32(27,28)18-11-17(31-13(18)2)20-23-19(24-30-20)14-6-8-16(22)9-7-14/h6-9,11,15H,3-5,10,12H2,1-2H3. The Morgan fingerprint density at radius 3 is 2.81 bits per heavy atom. The van der Waals surface area contributed by atoms with Crippen LogP contribution in [0.25, 0.3) is 22.2 Å². The quantitative estimate of drug-likeness (QED) is 0.467. The number of carbonyl (C=O) groups is 1. The smallest absolute Gasteiger partial charge is 0.310 e. The van der Waals surface area contributed by atoms with Crippen LogP contribution in [-0.4, -0.2) is 48.5 Å². The third kappa shape index (κ3) is 4.59. The third-order valence-electron chi connectivity index (χ3n) is 5.23. The maximum Gasteiger partial charge on any atom is 0.310 e. The molecule has 0 amide bonds. The van der Waals surface area contributed by atoms with Gasteiger partial charge in [0.1, 0.15) is 0 Å². The summed E-state index contributed by atoms with van der Waals surface area (Å²) in [6.45, 7) is 4.24. The number of halogens is 1. The molecule has 3 aromatic rings. The monoisotopic (exact) mass is 495 g/mol. The van der Waals surface area contributed by atoms with Gasteiger partial charge in [-0.25, -0.2) is 8.42 Å². The summed E-state index contributed by atoms with van der Waals surface area (Å²) >= 11 is 7.19. The van der Waals surface area contributed by atoms with Gasteiger partial charge in [0.2, 0.25) is 15.8 Å². The molecule has 3 heterocycles. The van der Waals surface area contributed by atoms with E-state index in [9.17, 15) is 13.2 Å². The van der Waals surface area contributed by atoms with Crippen LogP contribution >= 0.6 is 22.9 Å². The third-order valence-corrected chi connectivity index (χ3v) is 8.64. The Bertz CT molecular complexity index is 1220. The Morgan fingerprint density at radius 1 is 1.34 bits per heavy atom. The van der Waals surface area contributed by atoms with E-state index in [1.807, 2.05) is 0 Å². The van der Waals surface area contributed by atoms with Crippen molar-refractivity contribution in [3.05, 3.63) is 40.2 Å². The van der Waals surface area contributed by atoms with Gasteiger partial charge in [0.25, 0.3) is 5.89 Å². The lowest BCUT2D eigenvalue weighted by Crippen LogP contribution is -2.42. The molecule has 0 spiro atoms. The summed E-state index contributed by atoms with van der Waals surface area (Å²) in [5, 5.41) is 4.60. The highest BCUT2D eigenvalue weighted by atomic mass is 35.5. The number of aryl methyl sites for hydroxylation is 1. The van der Waals surface area contributed by atoms with Crippen LogP contribution < -0.4 is 0 Å². The van der Waals surface area contributed by atoms with Gasteiger partial charge in [-0.2, -0.15) is 9.29 Å². The van der Waals surface area contributed by atoms with E-state index in [1.54, 1.807) is 44.2 Å². The summed E-state index contributed by atoms with van der Waals surface area (Å²) in [6.07, 6.45) is 1.22. The minimum Gasteiger partial charge on any atom is -0.466 e. The molecular weight excluding hydrogens is 474 g/mol. The van der Waals surface area contributed by atoms with Gasteiger partial charge in [0, 0.05) is 28.6 Å². The molecule has 1 saturated heterocycles. The molecule has 1 aromatic carbocycles. The number of piperidine rings is 1. The summed E-state index contributed by atoms with van der Waals surface area (Å²) < 4.78 is 38.5. The maximum atomic E-state index is 13.3. The Kier molecular flexibility index (Phi) is 6.66. The number of nitrogens with zero attached hydrogens (tertiary/aromatic N) is 3. The summed E-state index contributed by atoms with van der Waals surface area (Å²) in [6, 6.07) is 8.58. The average molecular weight is 496 g/mol.